The van der Waals surface area contributed by atoms with Crippen LogP contribution in [0.1, 0.15) is 42.4 Å². The normalized spacial score (nSPS) is 11.6. The number of hydrogen-bond acceptors (Lipinski definition) is 3. The van der Waals surface area contributed by atoms with Crippen molar-refractivity contribution < 1.29 is 9.21 Å². The van der Waals surface area contributed by atoms with E-state index in [4.69, 9.17) is 16.0 Å². The van der Waals surface area contributed by atoms with Crippen molar-refractivity contribution in [3.8, 4) is 0 Å². The van der Waals surface area contributed by atoms with E-state index in [0.717, 1.165) is 0 Å². The number of amides is 1. The fraction of sp³-hybridized carbons (Fsp3) is 0.636. The zero-order valence-electron chi connectivity index (χ0n) is 10.1. The number of nitrogens with zero attached hydrogens (tertiary/aromatic N) is 1. The number of halogens is 1. The summed E-state index contributed by atoms with van der Waals surface area (Å²) in [4.78, 5) is 15.9. The molecule has 0 aliphatic heterocycles. The molecule has 0 fully saturated rings. The number of alkyl halides is 1. The molecule has 0 saturated heterocycles. The monoisotopic (exact) mass is 244 g/mol. The Morgan fingerprint density at radius 2 is 2.12 bits per heavy atom. The second-order valence-electron chi connectivity index (χ2n) is 4.42. The summed E-state index contributed by atoms with van der Waals surface area (Å²) in [7, 11) is 0. The number of carbonyl (C=O) groups is 1. The lowest BCUT2D eigenvalue weighted by molar-refractivity contribution is 0.0881. The molecule has 0 atom stereocenters. The van der Waals surface area contributed by atoms with E-state index in [9.17, 15) is 4.79 Å². The van der Waals surface area contributed by atoms with Gasteiger partial charge in [-0.2, -0.15) is 0 Å². The standard InChI is InChI=1S/C11H17ClN2O2/c1-7-9(16-8(2)13-7)10(15)14-11(3,4)5-6-12/h5-6H2,1-4H3,(H,14,15). The van der Waals surface area contributed by atoms with E-state index >= 15 is 0 Å². The molecule has 0 unspecified atom stereocenters. The highest BCUT2D eigenvalue weighted by molar-refractivity contribution is 6.17. The Balaban J connectivity index is 2.76. The summed E-state index contributed by atoms with van der Waals surface area (Å²) in [5, 5.41) is 2.87. The van der Waals surface area contributed by atoms with Gasteiger partial charge in [-0.1, -0.05) is 0 Å². The summed E-state index contributed by atoms with van der Waals surface area (Å²) in [5.74, 6) is 1.04. The molecule has 4 nitrogen and oxygen atoms in total. The Morgan fingerprint density at radius 3 is 2.56 bits per heavy atom. The van der Waals surface area contributed by atoms with Crippen molar-refractivity contribution in [2.75, 3.05) is 5.88 Å². The van der Waals surface area contributed by atoms with E-state index in [0.29, 0.717) is 23.9 Å². The van der Waals surface area contributed by atoms with E-state index in [2.05, 4.69) is 10.3 Å². The average Bonchev–Trinajstić information content (AvgIpc) is 2.44. The van der Waals surface area contributed by atoms with Crippen molar-refractivity contribution in [1.29, 1.82) is 0 Å². The molecular formula is C11H17ClN2O2. The van der Waals surface area contributed by atoms with Crippen molar-refractivity contribution in [3.63, 3.8) is 0 Å². The third-order valence-electron chi connectivity index (χ3n) is 2.28. The lowest BCUT2D eigenvalue weighted by Gasteiger charge is -2.24. The predicted molar refractivity (Wildman–Crippen MR) is 62.9 cm³/mol. The Kier molecular flexibility index (Phi) is 3.97. The minimum Gasteiger partial charge on any atom is -0.436 e. The van der Waals surface area contributed by atoms with Crippen molar-refractivity contribution in [2.45, 2.75) is 39.7 Å². The summed E-state index contributed by atoms with van der Waals surface area (Å²) in [5.41, 5.74) is 0.267. The maximum atomic E-state index is 11.9. The SMILES string of the molecule is Cc1nc(C)c(C(=O)NC(C)(C)CCCl)o1. The molecule has 0 bridgehead atoms. The first-order chi connectivity index (χ1) is 7.35. The highest BCUT2D eigenvalue weighted by Crippen LogP contribution is 2.14. The van der Waals surface area contributed by atoms with Crippen molar-refractivity contribution in [2.24, 2.45) is 0 Å². The highest BCUT2D eigenvalue weighted by Gasteiger charge is 2.24. The first kappa shape index (κ1) is 13.0. The Bertz CT molecular complexity index is 385. The van der Waals surface area contributed by atoms with E-state index in [-0.39, 0.29) is 17.2 Å². The van der Waals surface area contributed by atoms with Crippen LogP contribution in [-0.2, 0) is 0 Å². The number of rotatable bonds is 4. The first-order valence-electron chi connectivity index (χ1n) is 5.18. The number of carbonyl (C=O) groups excluding carboxylic acids is 1. The van der Waals surface area contributed by atoms with Crippen molar-refractivity contribution >= 4 is 17.5 Å². The minimum absolute atomic E-state index is 0.242. The summed E-state index contributed by atoms with van der Waals surface area (Å²) in [6, 6.07) is 0. The van der Waals surface area contributed by atoms with E-state index in [1.807, 2.05) is 13.8 Å². The Morgan fingerprint density at radius 1 is 1.50 bits per heavy atom. The molecule has 1 N–H and O–H groups in total. The van der Waals surface area contributed by atoms with E-state index in [1.165, 1.54) is 0 Å². The molecule has 90 valence electrons. The molecule has 1 aromatic rings. The smallest absolute Gasteiger partial charge is 0.289 e. The Labute approximate surface area is 100 Å². The third-order valence-corrected chi connectivity index (χ3v) is 2.47. The fourth-order valence-corrected chi connectivity index (χ4v) is 1.88. The van der Waals surface area contributed by atoms with Gasteiger partial charge in [0.15, 0.2) is 5.89 Å². The van der Waals surface area contributed by atoms with Crippen LogP contribution in [0.15, 0.2) is 4.42 Å². The summed E-state index contributed by atoms with van der Waals surface area (Å²) in [6.45, 7) is 7.31. The number of oxazole rings is 1. The van der Waals surface area contributed by atoms with Crippen LogP contribution in [0.25, 0.3) is 0 Å². The molecule has 0 radical (unpaired) electrons. The quantitative estimate of drug-likeness (QED) is 0.828. The zero-order chi connectivity index (χ0) is 12.3. The predicted octanol–water partition coefficient (Wildman–Crippen LogP) is 2.43. The molecule has 0 aliphatic rings. The molecular weight excluding hydrogens is 228 g/mol. The zero-order valence-corrected chi connectivity index (χ0v) is 10.8. The van der Waals surface area contributed by atoms with Crippen LogP contribution in [0.3, 0.4) is 0 Å². The summed E-state index contributed by atoms with van der Waals surface area (Å²) in [6.07, 6.45) is 0.701. The van der Waals surface area contributed by atoms with Gasteiger partial charge >= 0.3 is 0 Å². The first-order valence-corrected chi connectivity index (χ1v) is 5.71. The van der Waals surface area contributed by atoms with Gasteiger partial charge in [0.1, 0.15) is 0 Å². The van der Waals surface area contributed by atoms with Crippen LogP contribution in [0.5, 0.6) is 0 Å². The molecule has 1 rings (SSSR count). The van der Waals surface area contributed by atoms with Gasteiger partial charge in [-0.05, 0) is 27.2 Å². The van der Waals surface area contributed by atoms with Crippen LogP contribution in [0, 0.1) is 13.8 Å². The number of nitrogens with one attached hydrogen (secondary N) is 1. The van der Waals surface area contributed by atoms with Gasteiger partial charge in [0.25, 0.3) is 5.91 Å². The lowest BCUT2D eigenvalue weighted by atomic mass is 10.0. The molecule has 0 spiro atoms. The molecule has 16 heavy (non-hydrogen) atoms. The summed E-state index contributed by atoms with van der Waals surface area (Å²) >= 11 is 5.66. The van der Waals surface area contributed by atoms with Crippen molar-refractivity contribution in [1.82, 2.24) is 10.3 Å². The molecule has 5 heteroatoms. The number of aryl methyl sites for hydroxylation is 2. The lowest BCUT2D eigenvalue weighted by Crippen LogP contribution is -2.43. The van der Waals surface area contributed by atoms with Crippen LogP contribution in [0.2, 0.25) is 0 Å². The second-order valence-corrected chi connectivity index (χ2v) is 4.80. The topological polar surface area (TPSA) is 55.1 Å². The number of aromatic nitrogens is 1. The van der Waals surface area contributed by atoms with E-state index in [1.54, 1.807) is 13.8 Å². The van der Waals surface area contributed by atoms with E-state index < -0.39 is 0 Å². The largest absolute Gasteiger partial charge is 0.436 e. The fourth-order valence-electron chi connectivity index (χ4n) is 1.40. The molecule has 1 aromatic heterocycles. The van der Waals surface area contributed by atoms with Gasteiger partial charge in [-0.15, -0.1) is 11.6 Å². The molecule has 1 amide bonds. The summed E-state index contributed by atoms with van der Waals surface area (Å²) < 4.78 is 5.24. The van der Waals surface area contributed by atoms with Crippen LogP contribution < -0.4 is 5.32 Å². The highest BCUT2D eigenvalue weighted by atomic mass is 35.5. The third kappa shape index (κ3) is 3.23. The molecule has 0 saturated carbocycles. The van der Waals surface area contributed by atoms with Gasteiger partial charge in [0, 0.05) is 18.3 Å². The van der Waals surface area contributed by atoms with Crippen molar-refractivity contribution in [3.05, 3.63) is 17.3 Å². The molecule has 0 aromatic carbocycles. The van der Waals surface area contributed by atoms with Gasteiger partial charge in [0.2, 0.25) is 5.76 Å². The Hall–Kier alpha value is -1.03. The van der Waals surface area contributed by atoms with Gasteiger partial charge < -0.3 is 9.73 Å². The molecule has 0 aliphatic carbocycles. The van der Waals surface area contributed by atoms with Gasteiger partial charge in [-0.25, -0.2) is 4.98 Å². The minimum atomic E-state index is -0.341. The second kappa shape index (κ2) is 4.87. The average molecular weight is 245 g/mol. The van der Waals surface area contributed by atoms with Crippen LogP contribution in [0.4, 0.5) is 0 Å². The van der Waals surface area contributed by atoms with Gasteiger partial charge in [0.05, 0.1) is 5.69 Å². The maximum Gasteiger partial charge on any atom is 0.289 e. The van der Waals surface area contributed by atoms with Gasteiger partial charge in [-0.3, -0.25) is 4.79 Å². The van der Waals surface area contributed by atoms with Crippen LogP contribution in [-0.4, -0.2) is 22.3 Å². The molecule has 1 heterocycles. The maximum absolute atomic E-state index is 11.9. The number of hydrogen-bond donors (Lipinski definition) is 1. The van der Waals surface area contributed by atoms with Crippen LogP contribution >= 0.6 is 11.6 Å².